The number of carboxylic acids is 1. The van der Waals surface area contributed by atoms with Crippen LogP contribution in [-0.4, -0.2) is 41.0 Å². The molecule has 1 unspecified atom stereocenters. The molecule has 2 rings (SSSR count). The van der Waals surface area contributed by atoms with E-state index in [0.29, 0.717) is 13.1 Å². The molecule has 1 amide bonds. The van der Waals surface area contributed by atoms with Gasteiger partial charge in [-0.3, -0.25) is 4.79 Å². The molecule has 0 spiro atoms. The van der Waals surface area contributed by atoms with Crippen LogP contribution in [0.5, 0.6) is 0 Å². The number of benzene rings is 1. The quantitative estimate of drug-likeness (QED) is 0.732. The summed E-state index contributed by atoms with van der Waals surface area (Å²) in [6, 6.07) is 1.76. The van der Waals surface area contributed by atoms with Crippen molar-refractivity contribution in [1.29, 1.82) is 0 Å². The molecule has 114 valence electrons. The number of nitrogens with one attached hydrogen (secondary N) is 1. The lowest BCUT2D eigenvalue weighted by atomic mass is 10.1. The number of nitrogens with zero attached hydrogens (tertiary/aromatic N) is 1. The van der Waals surface area contributed by atoms with Crippen LogP contribution < -0.4 is 11.1 Å². The first-order chi connectivity index (χ1) is 9.91. The van der Waals surface area contributed by atoms with Crippen molar-refractivity contribution in [2.75, 3.05) is 24.1 Å². The summed E-state index contributed by atoms with van der Waals surface area (Å²) < 4.78 is 13.4. The fourth-order valence-corrected chi connectivity index (χ4v) is 2.45. The zero-order valence-electron chi connectivity index (χ0n) is 11.7. The highest BCUT2D eigenvalue weighted by molar-refractivity contribution is 6.00. The Hall–Kier alpha value is -2.31. The molecule has 1 heterocycles. The Morgan fingerprint density at radius 1 is 1.38 bits per heavy atom. The smallest absolute Gasteiger partial charge is 0.340 e. The Kier molecular flexibility index (Phi) is 4.30. The van der Waals surface area contributed by atoms with Crippen molar-refractivity contribution < 1.29 is 19.1 Å². The van der Waals surface area contributed by atoms with E-state index >= 15 is 0 Å². The maximum Gasteiger partial charge on any atom is 0.340 e. The zero-order valence-corrected chi connectivity index (χ0v) is 11.7. The first-order valence-electron chi connectivity index (χ1n) is 6.78. The summed E-state index contributed by atoms with van der Waals surface area (Å²) in [7, 11) is 0. The van der Waals surface area contributed by atoms with Crippen LogP contribution >= 0.6 is 0 Å². The summed E-state index contributed by atoms with van der Waals surface area (Å²) in [5, 5.41) is 12.0. The van der Waals surface area contributed by atoms with Crippen LogP contribution in [0.25, 0.3) is 0 Å². The van der Waals surface area contributed by atoms with E-state index in [1.54, 1.807) is 11.8 Å². The number of aromatic carboxylic acids is 1. The third-order valence-electron chi connectivity index (χ3n) is 3.57. The summed E-state index contributed by atoms with van der Waals surface area (Å²) >= 11 is 0. The molecule has 0 aromatic heterocycles. The number of nitrogens with two attached hydrogens (primary N) is 1. The molecule has 0 bridgehead atoms. The van der Waals surface area contributed by atoms with Crippen molar-refractivity contribution in [2.45, 2.75) is 25.8 Å². The molecule has 21 heavy (non-hydrogen) atoms. The predicted octanol–water partition coefficient (Wildman–Crippen LogP) is 1.53. The normalized spacial score (nSPS) is 15.8. The minimum Gasteiger partial charge on any atom is -0.478 e. The monoisotopic (exact) mass is 295 g/mol. The number of carbonyl (C=O) groups is 2. The molecule has 0 radical (unpaired) electrons. The number of rotatable bonds is 4. The van der Waals surface area contributed by atoms with E-state index < -0.39 is 23.5 Å². The van der Waals surface area contributed by atoms with Crippen molar-refractivity contribution in [1.82, 2.24) is 4.90 Å². The number of likely N-dealkylation sites (tertiary alicyclic amines) is 1. The lowest BCUT2D eigenvalue weighted by molar-refractivity contribution is -0.130. The highest BCUT2D eigenvalue weighted by Crippen LogP contribution is 2.26. The van der Waals surface area contributed by atoms with E-state index in [-0.39, 0.29) is 17.2 Å². The van der Waals surface area contributed by atoms with Gasteiger partial charge in [0.25, 0.3) is 0 Å². The van der Waals surface area contributed by atoms with Gasteiger partial charge in [-0.15, -0.1) is 0 Å². The van der Waals surface area contributed by atoms with Crippen LogP contribution in [-0.2, 0) is 4.79 Å². The lowest BCUT2D eigenvalue weighted by Crippen LogP contribution is -2.39. The van der Waals surface area contributed by atoms with Gasteiger partial charge in [0.15, 0.2) is 0 Å². The summed E-state index contributed by atoms with van der Waals surface area (Å²) in [4.78, 5) is 25.1. The minimum atomic E-state index is -1.34. The first-order valence-corrected chi connectivity index (χ1v) is 6.78. The van der Waals surface area contributed by atoms with Gasteiger partial charge in [-0.2, -0.15) is 0 Å². The maximum atomic E-state index is 13.4. The average molecular weight is 295 g/mol. The average Bonchev–Trinajstić information content (AvgIpc) is 2.95. The van der Waals surface area contributed by atoms with E-state index in [9.17, 15) is 14.0 Å². The first kappa shape index (κ1) is 15.1. The number of carbonyl (C=O) groups excluding carboxylic acids is 1. The highest BCUT2D eigenvalue weighted by atomic mass is 19.1. The van der Waals surface area contributed by atoms with Gasteiger partial charge in [-0.25, -0.2) is 9.18 Å². The van der Waals surface area contributed by atoms with Gasteiger partial charge < -0.3 is 21.1 Å². The second-order valence-corrected chi connectivity index (χ2v) is 5.09. The van der Waals surface area contributed by atoms with E-state index in [2.05, 4.69) is 5.32 Å². The van der Waals surface area contributed by atoms with Crippen molar-refractivity contribution in [2.24, 2.45) is 0 Å². The van der Waals surface area contributed by atoms with Gasteiger partial charge in [0, 0.05) is 13.1 Å². The van der Waals surface area contributed by atoms with Crippen LogP contribution in [0.2, 0.25) is 0 Å². The summed E-state index contributed by atoms with van der Waals surface area (Å²) in [5.74, 6) is -2.24. The number of hydrogen-bond acceptors (Lipinski definition) is 4. The number of anilines is 2. The number of carboxylic acid groups (broad SMARTS) is 1. The molecule has 1 aromatic carbocycles. The molecule has 1 atom stereocenters. The molecule has 1 saturated heterocycles. The SMILES string of the molecule is CC(Nc1ccc(F)c(N)c1C(=O)O)C(=O)N1CCCC1. The molecule has 1 aliphatic rings. The Balaban J connectivity index is 2.20. The molecule has 0 saturated carbocycles. The fourth-order valence-electron chi connectivity index (χ4n) is 2.45. The Bertz CT molecular complexity index is 571. The largest absolute Gasteiger partial charge is 0.478 e. The fraction of sp³-hybridized carbons (Fsp3) is 0.429. The lowest BCUT2D eigenvalue weighted by Gasteiger charge is -2.23. The number of halogens is 1. The van der Waals surface area contributed by atoms with Crippen LogP contribution in [0.15, 0.2) is 12.1 Å². The van der Waals surface area contributed by atoms with Crippen molar-refractivity contribution in [3.8, 4) is 0 Å². The Morgan fingerprint density at radius 3 is 2.57 bits per heavy atom. The van der Waals surface area contributed by atoms with Gasteiger partial charge in [-0.1, -0.05) is 0 Å². The summed E-state index contributed by atoms with van der Waals surface area (Å²) in [5.41, 5.74) is 4.82. The van der Waals surface area contributed by atoms with Gasteiger partial charge >= 0.3 is 5.97 Å². The maximum absolute atomic E-state index is 13.4. The Labute approximate surface area is 121 Å². The zero-order chi connectivity index (χ0) is 15.6. The van der Waals surface area contributed by atoms with Crippen LogP contribution in [0.3, 0.4) is 0 Å². The van der Waals surface area contributed by atoms with Gasteiger partial charge in [0.05, 0.1) is 11.4 Å². The predicted molar refractivity (Wildman–Crippen MR) is 76.7 cm³/mol. The second-order valence-electron chi connectivity index (χ2n) is 5.09. The molecule has 4 N–H and O–H groups in total. The van der Waals surface area contributed by atoms with E-state index in [4.69, 9.17) is 10.8 Å². The number of nitrogen functional groups attached to an aromatic ring is 1. The Morgan fingerprint density at radius 2 is 2.00 bits per heavy atom. The van der Waals surface area contributed by atoms with E-state index in [0.717, 1.165) is 18.9 Å². The molecule has 1 fully saturated rings. The van der Waals surface area contributed by atoms with Crippen molar-refractivity contribution in [3.63, 3.8) is 0 Å². The van der Waals surface area contributed by atoms with Crippen molar-refractivity contribution >= 4 is 23.3 Å². The third-order valence-corrected chi connectivity index (χ3v) is 3.57. The molecular formula is C14H18FN3O3. The van der Waals surface area contributed by atoms with Gasteiger partial charge in [0.2, 0.25) is 5.91 Å². The van der Waals surface area contributed by atoms with Crippen molar-refractivity contribution in [3.05, 3.63) is 23.5 Å². The molecule has 0 aliphatic carbocycles. The summed E-state index contributed by atoms with van der Waals surface area (Å²) in [6.07, 6.45) is 1.95. The van der Waals surface area contributed by atoms with Gasteiger partial charge in [-0.05, 0) is 31.9 Å². The van der Waals surface area contributed by atoms with Crippen LogP contribution in [0, 0.1) is 5.82 Å². The number of amides is 1. The second kappa shape index (κ2) is 5.99. The standard InChI is InChI=1S/C14H18FN3O3/c1-8(13(19)18-6-2-3-7-18)17-10-5-4-9(15)12(16)11(10)14(20)21/h4-5,8,17H,2-3,6-7,16H2,1H3,(H,20,21). The third kappa shape index (κ3) is 3.07. The molecule has 7 heteroatoms. The number of hydrogen-bond donors (Lipinski definition) is 3. The molecule has 6 nitrogen and oxygen atoms in total. The van der Waals surface area contributed by atoms with Crippen LogP contribution in [0.4, 0.5) is 15.8 Å². The van der Waals surface area contributed by atoms with E-state index in [1.807, 2.05) is 0 Å². The molecule has 1 aliphatic heterocycles. The highest BCUT2D eigenvalue weighted by Gasteiger charge is 2.25. The van der Waals surface area contributed by atoms with Crippen LogP contribution in [0.1, 0.15) is 30.1 Å². The molecular weight excluding hydrogens is 277 g/mol. The molecule has 1 aromatic rings. The summed E-state index contributed by atoms with van der Waals surface area (Å²) in [6.45, 7) is 3.07. The van der Waals surface area contributed by atoms with E-state index in [1.165, 1.54) is 6.07 Å². The topological polar surface area (TPSA) is 95.7 Å². The van der Waals surface area contributed by atoms with Gasteiger partial charge in [0.1, 0.15) is 17.4 Å². The minimum absolute atomic E-state index is 0.105.